The fraction of sp³-hybridized carbons (Fsp3) is 0.571. The van der Waals surface area contributed by atoms with Crippen molar-refractivity contribution in [2.75, 3.05) is 13.2 Å². The maximum atomic E-state index is 14.2. The average molecular weight is 359 g/mol. The first-order valence-electron chi connectivity index (χ1n) is 9.57. The SMILES string of the molecule is Cc1nn(C(C)C)c(C)c1CN(Cc1ccccc1F)CC1CCCO1. The smallest absolute Gasteiger partial charge is 0.127 e. The van der Waals surface area contributed by atoms with E-state index >= 15 is 0 Å². The number of rotatable bonds is 7. The van der Waals surface area contributed by atoms with E-state index in [1.54, 1.807) is 6.07 Å². The van der Waals surface area contributed by atoms with Gasteiger partial charge in [-0.05, 0) is 46.6 Å². The largest absolute Gasteiger partial charge is 0.377 e. The monoisotopic (exact) mass is 359 g/mol. The van der Waals surface area contributed by atoms with Crippen LogP contribution in [0.3, 0.4) is 0 Å². The number of nitrogens with zero attached hydrogens (tertiary/aromatic N) is 3. The number of halogens is 1. The van der Waals surface area contributed by atoms with Crippen molar-refractivity contribution in [2.45, 2.75) is 65.8 Å². The van der Waals surface area contributed by atoms with Gasteiger partial charge in [-0.1, -0.05) is 18.2 Å². The van der Waals surface area contributed by atoms with Crippen molar-refractivity contribution in [3.8, 4) is 0 Å². The topological polar surface area (TPSA) is 30.3 Å². The molecule has 2 heterocycles. The van der Waals surface area contributed by atoms with E-state index in [0.29, 0.717) is 12.6 Å². The molecule has 1 atom stereocenters. The van der Waals surface area contributed by atoms with Gasteiger partial charge >= 0.3 is 0 Å². The van der Waals surface area contributed by atoms with Crippen molar-refractivity contribution in [3.63, 3.8) is 0 Å². The Morgan fingerprint density at radius 1 is 1.27 bits per heavy atom. The number of hydrogen-bond acceptors (Lipinski definition) is 3. The first-order chi connectivity index (χ1) is 12.5. The molecule has 0 radical (unpaired) electrons. The molecule has 26 heavy (non-hydrogen) atoms. The summed E-state index contributed by atoms with van der Waals surface area (Å²) in [5.41, 5.74) is 4.23. The highest BCUT2D eigenvalue weighted by atomic mass is 19.1. The molecular weight excluding hydrogens is 329 g/mol. The molecule has 4 nitrogen and oxygen atoms in total. The molecule has 1 aromatic carbocycles. The van der Waals surface area contributed by atoms with Gasteiger partial charge in [0.05, 0.1) is 11.8 Å². The summed E-state index contributed by atoms with van der Waals surface area (Å²) >= 11 is 0. The summed E-state index contributed by atoms with van der Waals surface area (Å²) in [6.45, 7) is 11.5. The predicted molar refractivity (Wildman–Crippen MR) is 102 cm³/mol. The Labute approximate surface area is 156 Å². The molecule has 142 valence electrons. The summed E-state index contributed by atoms with van der Waals surface area (Å²) in [5.74, 6) is -0.142. The van der Waals surface area contributed by atoms with Gasteiger partial charge in [-0.2, -0.15) is 5.10 Å². The fourth-order valence-corrected chi connectivity index (χ4v) is 3.78. The van der Waals surface area contributed by atoms with Gasteiger partial charge < -0.3 is 4.74 Å². The molecule has 1 saturated heterocycles. The zero-order chi connectivity index (χ0) is 18.7. The highest BCUT2D eigenvalue weighted by Crippen LogP contribution is 2.22. The van der Waals surface area contributed by atoms with Crippen LogP contribution in [0.15, 0.2) is 24.3 Å². The summed E-state index contributed by atoms with van der Waals surface area (Å²) in [6, 6.07) is 7.38. The van der Waals surface area contributed by atoms with E-state index < -0.39 is 0 Å². The highest BCUT2D eigenvalue weighted by molar-refractivity contribution is 5.25. The van der Waals surface area contributed by atoms with Gasteiger partial charge in [-0.15, -0.1) is 0 Å². The van der Waals surface area contributed by atoms with Gasteiger partial charge in [0.15, 0.2) is 0 Å². The third kappa shape index (κ3) is 4.33. The third-order valence-corrected chi connectivity index (χ3v) is 5.18. The molecule has 1 unspecified atom stereocenters. The lowest BCUT2D eigenvalue weighted by molar-refractivity contribution is 0.0673. The van der Waals surface area contributed by atoms with Crippen LogP contribution in [-0.2, 0) is 17.8 Å². The Balaban J connectivity index is 1.82. The zero-order valence-electron chi connectivity index (χ0n) is 16.3. The third-order valence-electron chi connectivity index (χ3n) is 5.18. The summed E-state index contributed by atoms with van der Waals surface area (Å²) in [6.07, 6.45) is 2.43. The standard InChI is InChI=1S/C21H30FN3O/c1-15(2)25-17(4)20(16(3)23-25)14-24(13-19-9-7-11-26-19)12-18-8-5-6-10-21(18)22/h5-6,8,10,15,19H,7,9,11-14H2,1-4H3. The van der Waals surface area contributed by atoms with Crippen molar-refractivity contribution in [3.05, 3.63) is 52.6 Å². The number of benzene rings is 1. The number of hydrogen-bond donors (Lipinski definition) is 0. The second kappa shape index (κ2) is 8.31. The summed E-state index contributed by atoms with van der Waals surface area (Å²) in [4.78, 5) is 2.30. The lowest BCUT2D eigenvalue weighted by Crippen LogP contribution is -2.32. The first-order valence-corrected chi connectivity index (χ1v) is 9.57. The Hall–Kier alpha value is -1.72. The van der Waals surface area contributed by atoms with Crippen molar-refractivity contribution >= 4 is 0 Å². The van der Waals surface area contributed by atoms with E-state index in [2.05, 4.69) is 37.3 Å². The van der Waals surface area contributed by atoms with Crippen LogP contribution in [0.2, 0.25) is 0 Å². The van der Waals surface area contributed by atoms with Crippen LogP contribution in [0.5, 0.6) is 0 Å². The highest BCUT2D eigenvalue weighted by Gasteiger charge is 2.23. The van der Waals surface area contributed by atoms with E-state index in [-0.39, 0.29) is 11.9 Å². The molecule has 0 bridgehead atoms. The van der Waals surface area contributed by atoms with Crippen LogP contribution in [0.1, 0.15) is 55.2 Å². The summed E-state index contributed by atoms with van der Waals surface area (Å²) in [5, 5.41) is 4.70. The molecule has 1 aliphatic heterocycles. The molecule has 1 aliphatic rings. The predicted octanol–water partition coefficient (Wildman–Crippen LogP) is 4.40. The van der Waals surface area contributed by atoms with Crippen LogP contribution in [-0.4, -0.2) is 33.9 Å². The van der Waals surface area contributed by atoms with Gasteiger partial charge in [-0.3, -0.25) is 9.58 Å². The molecule has 1 aromatic heterocycles. The van der Waals surface area contributed by atoms with E-state index in [1.165, 1.54) is 17.3 Å². The quantitative estimate of drug-likeness (QED) is 0.734. The molecule has 2 aromatic rings. The molecule has 5 heteroatoms. The van der Waals surface area contributed by atoms with Crippen LogP contribution in [0.4, 0.5) is 4.39 Å². The van der Waals surface area contributed by atoms with Crippen LogP contribution >= 0.6 is 0 Å². The molecule has 1 fully saturated rings. The molecular formula is C21H30FN3O. The van der Waals surface area contributed by atoms with Gasteiger partial charge in [0.1, 0.15) is 5.82 Å². The Morgan fingerprint density at radius 3 is 2.65 bits per heavy atom. The van der Waals surface area contributed by atoms with Crippen LogP contribution < -0.4 is 0 Å². The van der Waals surface area contributed by atoms with Crippen molar-refractivity contribution in [2.24, 2.45) is 0 Å². The molecule has 0 N–H and O–H groups in total. The second-order valence-electron chi connectivity index (χ2n) is 7.58. The molecule has 3 rings (SSSR count). The number of aromatic nitrogens is 2. The van der Waals surface area contributed by atoms with Gasteiger partial charge in [0.25, 0.3) is 0 Å². The Morgan fingerprint density at radius 2 is 2.04 bits per heavy atom. The van der Waals surface area contributed by atoms with Gasteiger partial charge in [0, 0.05) is 49.1 Å². The Bertz CT molecular complexity index is 735. The van der Waals surface area contributed by atoms with E-state index in [9.17, 15) is 4.39 Å². The normalized spacial score (nSPS) is 17.6. The van der Waals surface area contributed by atoms with Gasteiger partial charge in [-0.25, -0.2) is 4.39 Å². The van der Waals surface area contributed by atoms with Crippen LogP contribution in [0.25, 0.3) is 0 Å². The molecule has 0 aliphatic carbocycles. The summed E-state index contributed by atoms with van der Waals surface area (Å²) in [7, 11) is 0. The minimum Gasteiger partial charge on any atom is -0.377 e. The van der Waals surface area contributed by atoms with Crippen molar-refractivity contribution < 1.29 is 9.13 Å². The van der Waals surface area contributed by atoms with Crippen molar-refractivity contribution in [1.29, 1.82) is 0 Å². The van der Waals surface area contributed by atoms with E-state index in [1.807, 2.05) is 12.1 Å². The van der Waals surface area contributed by atoms with E-state index in [0.717, 1.165) is 43.8 Å². The number of aryl methyl sites for hydroxylation is 1. The molecule has 0 spiro atoms. The molecule has 0 amide bonds. The van der Waals surface area contributed by atoms with Crippen molar-refractivity contribution in [1.82, 2.24) is 14.7 Å². The van der Waals surface area contributed by atoms with E-state index in [4.69, 9.17) is 9.84 Å². The zero-order valence-corrected chi connectivity index (χ0v) is 16.3. The minimum absolute atomic E-state index is 0.142. The maximum Gasteiger partial charge on any atom is 0.127 e. The molecule has 0 saturated carbocycles. The average Bonchev–Trinajstić information content (AvgIpc) is 3.20. The summed E-state index contributed by atoms with van der Waals surface area (Å²) < 4.78 is 22.1. The Kier molecular flexibility index (Phi) is 6.09. The number of ether oxygens (including phenoxy) is 1. The lowest BCUT2D eigenvalue weighted by Gasteiger charge is -2.26. The first kappa shape index (κ1) is 19.1. The van der Waals surface area contributed by atoms with Gasteiger partial charge in [0.2, 0.25) is 0 Å². The second-order valence-corrected chi connectivity index (χ2v) is 7.58. The maximum absolute atomic E-state index is 14.2. The lowest BCUT2D eigenvalue weighted by atomic mass is 10.1. The van der Waals surface area contributed by atoms with Crippen LogP contribution in [0, 0.1) is 19.7 Å². The minimum atomic E-state index is -0.142. The fourth-order valence-electron chi connectivity index (χ4n) is 3.78.